The average Bonchev–Trinajstić information content (AvgIpc) is 2.28. The van der Waals surface area contributed by atoms with Gasteiger partial charge in [-0.05, 0) is 0 Å². The van der Waals surface area contributed by atoms with Gasteiger partial charge in [-0.15, -0.1) is 0 Å². The van der Waals surface area contributed by atoms with Gasteiger partial charge < -0.3 is 20.5 Å². The predicted octanol–water partition coefficient (Wildman–Crippen LogP) is -2.10. The molecule has 0 aromatic carbocycles. The third-order valence-electron chi connectivity index (χ3n) is 2.07. The second kappa shape index (κ2) is 6.01. The van der Waals surface area contributed by atoms with Crippen molar-refractivity contribution in [2.24, 2.45) is 5.73 Å². The molecular weight excluding hydrogens is 234 g/mol. The van der Waals surface area contributed by atoms with Crippen molar-refractivity contribution in [3.05, 3.63) is 0 Å². The lowest BCUT2D eigenvalue weighted by atomic mass is 10.2. The first-order valence-electron chi connectivity index (χ1n) is 4.79. The Balaban J connectivity index is 2.47. The van der Waals surface area contributed by atoms with Gasteiger partial charge in [0.25, 0.3) is 0 Å². The standard InChI is InChI=1S/C8H13N3O6/c9-7(14)5-3-16-2-1-11(5)8(15)10-17-4-6(12)13/h5H,1-4H2,(H2,9,14)(H,10,15)(H,12,13). The molecule has 4 N–H and O–H groups in total. The maximum atomic E-state index is 11.5. The Morgan fingerprint density at radius 2 is 2.24 bits per heavy atom. The number of hydrogen-bond acceptors (Lipinski definition) is 5. The van der Waals surface area contributed by atoms with Crippen LogP contribution in [-0.4, -0.2) is 60.3 Å². The number of carboxylic acid groups (broad SMARTS) is 1. The Labute approximate surface area is 96.4 Å². The van der Waals surface area contributed by atoms with Crippen LogP contribution in [0.15, 0.2) is 0 Å². The summed E-state index contributed by atoms with van der Waals surface area (Å²) in [7, 11) is 0. The van der Waals surface area contributed by atoms with Crippen LogP contribution in [-0.2, 0) is 19.2 Å². The smallest absolute Gasteiger partial charge is 0.342 e. The Morgan fingerprint density at radius 1 is 1.53 bits per heavy atom. The van der Waals surface area contributed by atoms with Crippen molar-refractivity contribution >= 4 is 17.9 Å². The first kappa shape index (κ1) is 13.2. The third kappa shape index (κ3) is 3.89. The van der Waals surface area contributed by atoms with Gasteiger partial charge in [0.2, 0.25) is 5.91 Å². The molecule has 1 unspecified atom stereocenters. The second-order valence-corrected chi connectivity index (χ2v) is 3.28. The number of nitrogens with zero attached hydrogens (tertiary/aromatic N) is 1. The number of amides is 3. The van der Waals surface area contributed by atoms with Gasteiger partial charge in [-0.1, -0.05) is 0 Å². The molecule has 1 fully saturated rings. The van der Waals surface area contributed by atoms with Gasteiger partial charge in [-0.25, -0.2) is 15.1 Å². The molecule has 0 aromatic rings. The van der Waals surface area contributed by atoms with Gasteiger partial charge in [0.15, 0.2) is 6.61 Å². The summed E-state index contributed by atoms with van der Waals surface area (Å²) < 4.78 is 5.01. The number of nitrogens with one attached hydrogen (secondary N) is 1. The van der Waals surface area contributed by atoms with E-state index in [2.05, 4.69) is 4.84 Å². The van der Waals surface area contributed by atoms with Crippen LogP contribution >= 0.6 is 0 Å². The number of aliphatic carboxylic acids is 1. The molecule has 0 aromatic heterocycles. The second-order valence-electron chi connectivity index (χ2n) is 3.28. The quantitative estimate of drug-likeness (QED) is 0.487. The molecule has 1 rings (SSSR count). The number of carboxylic acids is 1. The van der Waals surface area contributed by atoms with Gasteiger partial charge in [0.05, 0.1) is 13.2 Å². The lowest BCUT2D eigenvalue weighted by Crippen LogP contribution is -2.57. The minimum Gasteiger partial charge on any atom is -0.479 e. The summed E-state index contributed by atoms with van der Waals surface area (Å²) in [5.41, 5.74) is 7.01. The molecule has 3 amide bonds. The molecule has 0 bridgehead atoms. The van der Waals surface area contributed by atoms with Crippen molar-refractivity contribution in [3.63, 3.8) is 0 Å². The fraction of sp³-hybridized carbons (Fsp3) is 0.625. The van der Waals surface area contributed by atoms with E-state index in [9.17, 15) is 14.4 Å². The molecule has 1 heterocycles. The molecule has 9 nitrogen and oxygen atoms in total. The number of hydrogen-bond donors (Lipinski definition) is 3. The van der Waals surface area contributed by atoms with Crippen LogP contribution in [0.5, 0.6) is 0 Å². The van der Waals surface area contributed by atoms with Crippen LogP contribution < -0.4 is 11.2 Å². The maximum absolute atomic E-state index is 11.5. The Morgan fingerprint density at radius 3 is 2.82 bits per heavy atom. The molecule has 1 aliphatic rings. The summed E-state index contributed by atoms with van der Waals surface area (Å²) in [5.74, 6) is -1.92. The summed E-state index contributed by atoms with van der Waals surface area (Å²) in [5, 5.41) is 8.29. The zero-order chi connectivity index (χ0) is 12.8. The monoisotopic (exact) mass is 247 g/mol. The van der Waals surface area contributed by atoms with Gasteiger partial charge in [0.1, 0.15) is 6.04 Å². The molecule has 96 valence electrons. The van der Waals surface area contributed by atoms with E-state index in [1.807, 2.05) is 5.48 Å². The van der Waals surface area contributed by atoms with Gasteiger partial charge >= 0.3 is 12.0 Å². The van der Waals surface area contributed by atoms with Gasteiger partial charge in [-0.2, -0.15) is 0 Å². The van der Waals surface area contributed by atoms with Crippen LogP contribution in [0.25, 0.3) is 0 Å². The van der Waals surface area contributed by atoms with Crippen molar-refractivity contribution in [1.82, 2.24) is 10.4 Å². The number of carbonyl (C=O) groups excluding carboxylic acids is 2. The number of primary amides is 1. The fourth-order valence-corrected chi connectivity index (χ4v) is 1.30. The summed E-state index contributed by atoms with van der Waals surface area (Å²) in [6.07, 6.45) is 0. The van der Waals surface area contributed by atoms with E-state index in [0.717, 1.165) is 4.90 Å². The summed E-state index contributed by atoms with van der Waals surface area (Å²) in [4.78, 5) is 38.2. The molecule has 1 saturated heterocycles. The molecule has 0 aliphatic carbocycles. The van der Waals surface area contributed by atoms with E-state index < -0.39 is 30.6 Å². The number of ether oxygens (including phenoxy) is 1. The number of carbonyl (C=O) groups is 3. The first-order chi connectivity index (χ1) is 8.02. The zero-order valence-electron chi connectivity index (χ0n) is 8.92. The Hall–Kier alpha value is -1.87. The van der Waals surface area contributed by atoms with E-state index in [-0.39, 0.29) is 19.8 Å². The molecule has 9 heteroatoms. The van der Waals surface area contributed by atoms with Crippen molar-refractivity contribution in [3.8, 4) is 0 Å². The summed E-state index contributed by atoms with van der Waals surface area (Å²) in [6.45, 7) is -0.203. The molecule has 0 radical (unpaired) electrons. The van der Waals surface area contributed by atoms with E-state index in [1.165, 1.54) is 0 Å². The number of nitrogens with two attached hydrogens (primary N) is 1. The number of rotatable bonds is 4. The number of morpholine rings is 1. The zero-order valence-corrected chi connectivity index (χ0v) is 8.92. The lowest BCUT2D eigenvalue weighted by molar-refractivity contribution is -0.144. The minimum atomic E-state index is -1.22. The van der Waals surface area contributed by atoms with Crippen LogP contribution in [0.2, 0.25) is 0 Å². The van der Waals surface area contributed by atoms with E-state index >= 15 is 0 Å². The minimum absolute atomic E-state index is 0.0156. The Kier molecular flexibility index (Phi) is 4.67. The summed E-state index contributed by atoms with van der Waals surface area (Å²) >= 11 is 0. The molecule has 17 heavy (non-hydrogen) atoms. The van der Waals surface area contributed by atoms with Gasteiger partial charge in [0, 0.05) is 6.54 Å². The third-order valence-corrected chi connectivity index (χ3v) is 2.07. The van der Waals surface area contributed by atoms with Crippen LogP contribution in [0, 0.1) is 0 Å². The lowest BCUT2D eigenvalue weighted by Gasteiger charge is -2.33. The van der Waals surface area contributed by atoms with Crippen molar-refractivity contribution in [2.45, 2.75) is 6.04 Å². The fourth-order valence-electron chi connectivity index (χ4n) is 1.30. The van der Waals surface area contributed by atoms with Gasteiger partial charge in [-0.3, -0.25) is 9.63 Å². The molecular formula is C8H13N3O6. The molecule has 1 aliphatic heterocycles. The van der Waals surface area contributed by atoms with E-state index in [4.69, 9.17) is 15.6 Å². The highest BCUT2D eigenvalue weighted by Gasteiger charge is 2.31. The average molecular weight is 247 g/mol. The highest BCUT2D eigenvalue weighted by Crippen LogP contribution is 2.06. The highest BCUT2D eigenvalue weighted by atomic mass is 16.7. The molecule has 0 saturated carbocycles. The van der Waals surface area contributed by atoms with Crippen LogP contribution in [0.4, 0.5) is 4.79 Å². The topological polar surface area (TPSA) is 131 Å². The predicted molar refractivity (Wildman–Crippen MR) is 52.6 cm³/mol. The van der Waals surface area contributed by atoms with Crippen molar-refractivity contribution in [2.75, 3.05) is 26.4 Å². The van der Waals surface area contributed by atoms with E-state index in [0.29, 0.717) is 0 Å². The number of hydroxylamine groups is 1. The van der Waals surface area contributed by atoms with Crippen LogP contribution in [0.3, 0.4) is 0 Å². The largest absolute Gasteiger partial charge is 0.479 e. The van der Waals surface area contributed by atoms with E-state index in [1.54, 1.807) is 0 Å². The molecule has 0 spiro atoms. The summed E-state index contributed by atoms with van der Waals surface area (Å²) in [6, 6.07) is -1.60. The van der Waals surface area contributed by atoms with Crippen molar-refractivity contribution < 1.29 is 29.1 Å². The highest BCUT2D eigenvalue weighted by molar-refractivity contribution is 5.86. The molecule has 1 atom stereocenters. The SMILES string of the molecule is NC(=O)C1COCCN1C(=O)NOCC(=O)O. The maximum Gasteiger partial charge on any atom is 0.342 e. The Bertz CT molecular complexity index is 320. The normalized spacial score (nSPS) is 19.8. The first-order valence-corrected chi connectivity index (χ1v) is 4.79. The van der Waals surface area contributed by atoms with Crippen molar-refractivity contribution in [1.29, 1.82) is 0 Å². The van der Waals surface area contributed by atoms with Crippen LogP contribution in [0.1, 0.15) is 0 Å². The number of urea groups is 1.